The third-order valence-corrected chi connectivity index (χ3v) is 3.39. The molecular weight excluding hydrogens is 246 g/mol. The van der Waals surface area contributed by atoms with E-state index in [9.17, 15) is 0 Å². The Morgan fingerprint density at radius 1 is 1.39 bits per heavy atom. The van der Waals surface area contributed by atoms with Gasteiger partial charge < -0.3 is 9.73 Å². The first-order chi connectivity index (χ1) is 8.79. The second-order valence-electron chi connectivity index (χ2n) is 4.01. The van der Waals surface area contributed by atoms with Gasteiger partial charge in [0.25, 0.3) is 5.22 Å². The first-order valence-corrected chi connectivity index (χ1v) is 6.88. The van der Waals surface area contributed by atoms with Crippen molar-refractivity contribution in [2.75, 3.05) is 6.54 Å². The lowest BCUT2D eigenvalue weighted by Crippen LogP contribution is -2.19. The maximum Gasteiger partial charge on any atom is 0.261 e. The molecule has 4 nitrogen and oxygen atoms in total. The van der Waals surface area contributed by atoms with Crippen LogP contribution in [0.25, 0.3) is 0 Å². The van der Waals surface area contributed by atoms with Gasteiger partial charge in [0, 0.05) is 12.2 Å². The summed E-state index contributed by atoms with van der Waals surface area (Å²) in [7, 11) is 0. The van der Waals surface area contributed by atoms with Crippen molar-refractivity contribution >= 4 is 11.8 Å². The molecule has 0 aliphatic rings. The third-order valence-electron chi connectivity index (χ3n) is 2.56. The highest BCUT2D eigenvalue weighted by atomic mass is 32.2. The highest BCUT2D eigenvalue weighted by Crippen LogP contribution is 2.24. The standard InChI is InChI=1S/C13H17N3OS/c1-3-6-14-10(2)11-4-5-12(16-9-11)18-13-15-7-8-17-13/h4-5,7-10,14H,3,6H2,1-2H3. The Kier molecular flexibility index (Phi) is 4.78. The highest BCUT2D eigenvalue weighted by molar-refractivity contribution is 7.99. The van der Waals surface area contributed by atoms with Crippen LogP contribution in [0.5, 0.6) is 0 Å². The molecule has 2 aromatic rings. The second kappa shape index (κ2) is 6.56. The van der Waals surface area contributed by atoms with Crippen LogP contribution in [-0.4, -0.2) is 16.5 Å². The van der Waals surface area contributed by atoms with Gasteiger partial charge in [0.05, 0.1) is 6.20 Å². The number of aromatic nitrogens is 2. The normalized spacial score (nSPS) is 12.6. The van der Waals surface area contributed by atoms with Crippen LogP contribution < -0.4 is 5.32 Å². The van der Waals surface area contributed by atoms with E-state index in [-0.39, 0.29) is 0 Å². The van der Waals surface area contributed by atoms with Gasteiger partial charge in [-0.3, -0.25) is 0 Å². The lowest BCUT2D eigenvalue weighted by molar-refractivity contribution is 0.454. The quantitative estimate of drug-likeness (QED) is 0.866. The molecule has 0 aliphatic carbocycles. The smallest absolute Gasteiger partial charge is 0.261 e. The third kappa shape index (κ3) is 3.58. The van der Waals surface area contributed by atoms with Crippen molar-refractivity contribution in [3.8, 4) is 0 Å². The summed E-state index contributed by atoms with van der Waals surface area (Å²) in [6, 6.07) is 4.41. The van der Waals surface area contributed by atoms with Crippen molar-refractivity contribution in [3.63, 3.8) is 0 Å². The molecule has 2 heterocycles. The van der Waals surface area contributed by atoms with E-state index in [2.05, 4.69) is 35.2 Å². The molecule has 0 amide bonds. The summed E-state index contributed by atoms with van der Waals surface area (Å²) in [5, 5.41) is 4.95. The van der Waals surface area contributed by atoms with Crippen molar-refractivity contribution in [1.29, 1.82) is 0 Å². The van der Waals surface area contributed by atoms with Gasteiger partial charge in [-0.15, -0.1) is 0 Å². The summed E-state index contributed by atoms with van der Waals surface area (Å²) < 4.78 is 5.17. The molecule has 0 aromatic carbocycles. The van der Waals surface area contributed by atoms with Crippen molar-refractivity contribution in [1.82, 2.24) is 15.3 Å². The van der Waals surface area contributed by atoms with Gasteiger partial charge in [0.1, 0.15) is 11.3 Å². The summed E-state index contributed by atoms with van der Waals surface area (Å²) in [4.78, 5) is 8.46. The van der Waals surface area contributed by atoms with Gasteiger partial charge in [-0.25, -0.2) is 9.97 Å². The first-order valence-electron chi connectivity index (χ1n) is 6.06. The summed E-state index contributed by atoms with van der Waals surface area (Å²) in [6.45, 7) is 5.33. The van der Waals surface area contributed by atoms with Crippen LogP contribution in [0.1, 0.15) is 31.9 Å². The molecule has 18 heavy (non-hydrogen) atoms. The molecule has 0 radical (unpaired) electrons. The zero-order valence-electron chi connectivity index (χ0n) is 10.6. The van der Waals surface area contributed by atoms with Crippen molar-refractivity contribution in [2.45, 2.75) is 36.6 Å². The van der Waals surface area contributed by atoms with Crippen LogP contribution in [0.15, 0.2) is 45.5 Å². The van der Waals surface area contributed by atoms with Crippen LogP contribution in [-0.2, 0) is 0 Å². The summed E-state index contributed by atoms with van der Waals surface area (Å²) in [5.74, 6) is 0. The average Bonchev–Trinajstić information content (AvgIpc) is 2.89. The SMILES string of the molecule is CCCNC(C)c1ccc(Sc2ncco2)nc1. The number of nitrogens with one attached hydrogen (secondary N) is 1. The molecule has 0 saturated heterocycles. The van der Waals surface area contributed by atoms with E-state index in [1.807, 2.05) is 12.3 Å². The van der Waals surface area contributed by atoms with Gasteiger partial charge in [-0.2, -0.15) is 0 Å². The van der Waals surface area contributed by atoms with E-state index in [1.54, 1.807) is 12.5 Å². The second-order valence-corrected chi connectivity index (χ2v) is 4.98. The minimum Gasteiger partial charge on any atom is -0.440 e. The molecule has 0 fully saturated rings. The lowest BCUT2D eigenvalue weighted by Gasteiger charge is -2.13. The summed E-state index contributed by atoms with van der Waals surface area (Å²) >= 11 is 1.42. The molecule has 5 heteroatoms. The van der Waals surface area contributed by atoms with E-state index in [4.69, 9.17) is 4.42 Å². The van der Waals surface area contributed by atoms with E-state index in [0.29, 0.717) is 11.3 Å². The molecule has 2 aromatic heterocycles. The van der Waals surface area contributed by atoms with E-state index in [1.165, 1.54) is 17.3 Å². The Labute approximate surface area is 111 Å². The molecule has 96 valence electrons. The zero-order chi connectivity index (χ0) is 12.8. The number of hydrogen-bond donors (Lipinski definition) is 1. The fourth-order valence-electron chi connectivity index (χ4n) is 1.54. The number of pyridine rings is 1. The van der Waals surface area contributed by atoms with E-state index in [0.717, 1.165) is 18.0 Å². The van der Waals surface area contributed by atoms with Crippen LogP contribution in [0.2, 0.25) is 0 Å². The Morgan fingerprint density at radius 2 is 2.28 bits per heavy atom. The van der Waals surface area contributed by atoms with Gasteiger partial charge in [0.15, 0.2) is 0 Å². The van der Waals surface area contributed by atoms with Gasteiger partial charge in [-0.1, -0.05) is 13.0 Å². The summed E-state index contributed by atoms with van der Waals surface area (Å²) in [5.41, 5.74) is 1.19. The molecule has 1 unspecified atom stereocenters. The van der Waals surface area contributed by atoms with Gasteiger partial charge >= 0.3 is 0 Å². The number of hydrogen-bond acceptors (Lipinski definition) is 5. The monoisotopic (exact) mass is 263 g/mol. The highest BCUT2D eigenvalue weighted by Gasteiger charge is 2.06. The average molecular weight is 263 g/mol. The molecule has 0 saturated carbocycles. The van der Waals surface area contributed by atoms with Crippen molar-refractivity contribution in [3.05, 3.63) is 36.4 Å². The Balaban J connectivity index is 1.96. The van der Waals surface area contributed by atoms with Gasteiger partial charge in [0.2, 0.25) is 0 Å². The zero-order valence-corrected chi connectivity index (χ0v) is 11.4. The fourth-order valence-corrected chi connectivity index (χ4v) is 2.17. The Hall–Kier alpha value is -1.33. The molecule has 0 aliphatic heterocycles. The molecule has 0 bridgehead atoms. The largest absolute Gasteiger partial charge is 0.440 e. The maximum absolute atomic E-state index is 5.17. The minimum absolute atomic E-state index is 0.332. The topological polar surface area (TPSA) is 51.0 Å². The molecule has 1 N–H and O–H groups in total. The predicted molar refractivity (Wildman–Crippen MR) is 71.6 cm³/mol. The molecule has 1 atom stereocenters. The van der Waals surface area contributed by atoms with Crippen LogP contribution >= 0.6 is 11.8 Å². The predicted octanol–water partition coefficient (Wildman–Crippen LogP) is 3.28. The van der Waals surface area contributed by atoms with Crippen molar-refractivity contribution in [2.24, 2.45) is 0 Å². The lowest BCUT2D eigenvalue weighted by atomic mass is 10.1. The van der Waals surface area contributed by atoms with E-state index < -0.39 is 0 Å². The van der Waals surface area contributed by atoms with Crippen LogP contribution in [0.3, 0.4) is 0 Å². The Bertz CT molecular complexity index is 456. The first kappa shape index (κ1) is 13.1. The van der Waals surface area contributed by atoms with Gasteiger partial charge in [-0.05, 0) is 43.3 Å². The minimum atomic E-state index is 0.332. The number of oxazole rings is 1. The van der Waals surface area contributed by atoms with E-state index >= 15 is 0 Å². The van der Waals surface area contributed by atoms with Crippen LogP contribution in [0, 0.1) is 0 Å². The molecule has 0 spiro atoms. The maximum atomic E-state index is 5.17. The number of rotatable bonds is 6. The van der Waals surface area contributed by atoms with Crippen LogP contribution in [0.4, 0.5) is 0 Å². The Morgan fingerprint density at radius 3 is 2.89 bits per heavy atom. The number of nitrogens with zero attached hydrogens (tertiary/aromatic N) is 2. The fraction of sp³-hybridized carbons (Fsp3) is 0.385. The summed E-state index contributed by atoms with van der Waals surface area (Å²) in [6.07, 6.45) is 6.23. The molecular formula is C13H17N3OS. The van der Waals surface area contributed by atoms with Crippen molar-refractivity contribution < 1.29 is 4.42 Å². The molecule has 2 rings (SSSR count).